The molecular formula is C37H47BrFN5O8S. The summed E-state index contributed by atoms with van der Waals surface area (Å²) < 4.78 is 54.0. The molecule has 0 unspecified atom stereocenters. The van der Waals surface area contributed by atoms with Gasteiger partial charge in [-0.05, 0) is 101 Å². The van der Waals surface area contributed by atoms with Crippen molar-refractivity contribution in [3.05, 3.63) is 40.3 Å². The number of nitrogens with zero attached hydrogens (tertiary/aromatic N) is 3. The fourth-order valence-corrected chi connectivity index (χ4v) is 9.00. The van der Waals surface area contributed by atoms with Crippen LogP contribution in [0.4, 0.5) is 9.18 Å². The zero-order chi connectivity index (χ0) is 38.5. The molecule has 2 saturated carbocycles. The van der Waals surface area contributed by atoms with Gasteiger partial charge in [0.2, 0.25) is 27.7 Å². The number of Topliss-reactive ketones (excluding diaryl/α,β-unsaturated/α-hetero) is 1. The molecular weight excluding hydrogens is 773 g/mol. The van der Waals surface area contributed by atoms with Gasteiger partial charge >= 0.3 is 6.09 Å². The summed E-state index contributed by atoms with van der Waals surface area (Å²) in [4.78, 5) is 66.1. The highest BCUT2D eigenvalue weighted by molar-refractivity contribution is 9.10. The number of sulfonamides is 1. The van der Waals surface area contributed by atoms with Crippen molar-refractivity contribution in [2.75, 3.05) is 6.54 Å². The lowest BCUT2D eigenvalue weighted by molar-refractivity contribution is -0.140. The van der Waals surface area contributed by atoms with Gasteiger partial charge in [-0.25, -0.2) is 27.6 Å². The summed E-state index contributed by atoms with van der Waals surface area (Å²) in [5.41, 5.74) is -1.03. The molecule has 3 amide bonds. The maximum absolute atomic E-state index is 14.4. The molecule has 2 N–H and O–H groups in total. The van der Waals surface area contributed by atoms with Gasteiger partial charge in [0, 0.05) is 23.4 Å². The fourth-order valence-electron chi connectivity index (χ4n) is 7.16. The number of carbonyl (C=O) groups is 4. The number of aryl methyl sites for hydroxylation is 1. The minimum atomic E-state index is -3.97. The molecule has 1 aromatic carbocycles. The molecule has 6 rings (SSSR count). The monoisotopic (exact) mass is 819 g/mol. The van der Waals surface area contributed by atoms with Crippen LogP contribution in [0.3, 0.4) is 0 Å². The quantitative estimate of drug-likeness (QED) is 0.351. The Bertz CT molecular complexity index is 1970. The van der Waals surface area contributed by atoms with E-state index in [2.05, 4.69) is 35.9 Å². The molecule has 1 aromatic heterocycles. The van der Waals surface area contributed by atoms with E-state index in [0.29, 0.717) is 47.8 Å². The molecule has 53 heavy (non-hydrogen) atoms. The molecule has 13 nitrogen and oxygen atoms in total. The fraction of sp³-hybridized carbons (Fsp3) is 0.622. The van der Waals surface area contributed by atoms with Crippen molar-refractivity contribution in [1.82, 2.24) is 24.9 Å². The number of hydrogen-bond acceptors (Lipinski definition) is 10. The van der Waals surface area contributed by atoms with E-state index in [1.54, 1.807) is 34.6 Å². The van der Waals surface area contributed by atoms with Crippen LogP contribution in [0.25, 0.3) is 11.0 Å². The first-order chi connectivity index (χ1) is 24.8. The molecule has 2 aliphatic heterocycles. The second kappa shape index (κ2) is 14.5. The van der Waals surface area contributed by atoms with E-state index in [1.165, 1.54) is 17.0 Å². The molecule has 0 radical (unpaired) electrons. The lowest BCUT2D eigenvalue weighted by Crippen LogP contribution is -2.53. The van der Waals surface area contributed by atoms with Crippen LogP contribution in [0.5, 0.6) is 5.88 Å². The van der Waals surface area contributed by atoms with Crippen molar-refractivity contribution in [3.8, 4) is 5.88 Å². The first-order valence-corrected chi connectivity index (χ1v) is 20.4. The van der Waals surface area contributed by atoms with E-state index in [0.717, 1.165) is 12.8 Å². The molecule has 16 heteroatoms. The van der Waals surface area contributed by atoms with Crippen LogP contribution in [-0.2, 0) is 29.1 Å². The largest absolute Gasteiger partial charge is 0.471 e. The number of amides is 3. The molecule has 5 atom stereocenters. The number of alkyl carbamates (subject to hydrolysis) is 1. The van der Waals surface area contributed by atoms with Gasteiger partial charge in [0.25, 0.3) is 0 Å². The number of benzene rings is 1. The summed E-state index contributed by atoms with van der Waals surface area (Å²) >= 11 is 3.32. The van der Waals surface area contributed by atoms with Gasteiger partial charge < -0.3 is 19.7 Å². The van der Waals surface area contributed by atoms with E-state index in [1.807, 2.05) is 12.2 Å². The Morgan fingerprint density at radius 3 is 2.55 bits per heavy atom. The molecule has 2 aliphatic carbocycles. The van der Waals surface area contributed by atoms with E-state index >= 15 is 0 Å². The Kier molecular flexibility index (Phi) is 10.7. The summed E-state index contributed by atoms with van der Waals surface area (Å²) in [6.45, 7) is 8.37. The minimum Gasteiger partial charge on any atom is -0.471 e. The van der Waals surface area contributed by atoms with E-state index < -0.39 is 73.5 Å². The SMILES string of the molecule is Cc1nc2c(Br)cc(F)cc2nc1O[C@@H]1C[C@H]2C(=O)C[C@]3(C(=O)NS(=O)(=O)C4(C)CC4)C[C@H]3/C=C\CCCCC[C@H](NC(=O)OC(C)(C)C)C(=O)N2C1. The third-order valence-corrected chi connectivity index (χ3v) is 13.4. The van der Waals surface area contributed by atoms with E-state index in [4.69, 9.17) is 9.47 Å². The maximum atomic E-state index is 14.4. The van der Waals surface area contributed by atoms with Crippen molar-refractivity contribution in [2.24, 2.45) is 11.3 Å². The van der Waals surface area contributed by atoms with Crippen LogP contribution in [-0.4, -0.2) is 82.1 Å². The smallest absolute Gasteiger partial charge is 0.408 e. The maximum Gasteiger partial charge on any atom is 0.408 e. The lowest BCUT2D eigenvalue weighted by Gasteiger charge is -2.30. The average Bonchev–Trinajstić information content (AvgIpc) is 3.93. The summed E-state index contributed by atoms with van der Waals surface area (Å²) in [5, 5.41) is 2.73. The number of ketones is 1. The van der Waals surface area contributed by atoms with Crippen molar-refractivity contribution in [2.45, 2.75) is 127 Å². The lowest BCUT2D eigenvalue weighted by atomic mass is 9.91. The van der Waals surface area contributed by atoms with Crippen LogP contribution >= 0.6 is 15.9 Å². The predicted octanol–water partition coefficient (Wildman–Crippen LogP) is 5.57. The zero-order valence-electron chi connectivity index (χ0n) is 30.7. The Labute approximate surface area is 317 Å². The topological polar surface area (TPSA) is 174 Å². The number of allylic oxidation sites excluding steroid dienone is 2. The summed E-state index contributed by atoms with van der Waals surface area (Å²) in [7, 11) is -3.97. The summed E-state index contributed by atoms with van der Waals surface area (Å²) in [5.74, 6) is -2.42. The number of ether oxygens (including phenoxy) is 2. The Balaban J connectivity index is 1.32. The molecule has 3 fully saturated rings. The highest BCUT2D eigenvalue weighted by atomic mass is 79.9. The highest BCUT2D eigenvalue weighted by Gasteiger charge is 2.62. The first-order valence-electron chi connectivity index (χ1n) is 18.2. The van der Waals surface area contributed by atoms with Gasteiger partial charge in [-0.15, -0.1) is 0 Å². The van der Waals surface area contributed by atoms with Crippen LogP contribution in [0.15, 0.2) is 28.8 Å². The third kappa shape index (κ3) is 8.53. The molecule has 1 saturated heterocycles. The first kappa shape index (κ1) is 39.0. The number of fused-ring (bicyclic) bond motifs is 3. The van der Waals surface area contributed by atoms with Gasteiger partial charge in [-0.3, -0.25) is 19.1 Å². The Hall–Kier alpha value is -3.66. The number of hydrogen-bond donors (Lipinski definition) is 2. The van der Waals surface area contributed by atoms with Gasteiger partial charge in [-0.2, -0.15) is 0 Å². The van der Waals surface area contributed by atoms with E-state index in [9.17, 15) is 32.0 Å². The van der Waals surface area contributed by atoms with Crippen LogP contribution in [0.2, 0.25) is 0 Å². The van der Waals surface area contributed by atoms with Crippen molar-refractivity contribution in [3.63, 3.8) is 0 Å². The highest BCUT2D eigenvalue weighted by Crippen LogP contribution is 2.57. The average molecular weight is 821 g/mol. The molecule has 3 heterocycles. The molecule has 288 valence electrons. The van der Waals surface area contributed by atoms with E-state index in [-0.39, 0.29) is 43.1 Å². The predicted molar refractivity (Wildman–Crippen MR) is 197 cm³/mol. The number of halogens is 2. The minimum absolute atomic E-state index is 0.0321. The normalized spacial score (nSPS) is 28.2. The zero-order valence-corrected chi connectivity index (χ0v) is 33.1. The molecule has 4 aliphatic rings. The van der Waals surface area contributed by atoms with Gasteiger partial charge in [-0.1, -0.05) is 25.0 Å². The number of carbonyl (C=O) groups excluding carboxylic acids is 4. The van der Waals surface area contributed by atoms with Crippen molar-refractivity contribution < 1.29 is 41.5 Å². The van der Waals surface area contributed by atoms with Crippen molar-refractivity contribution >= 4 is 60.7 Å². The second-order valence-electron chi connectivity index (χ2n) is 16.1. The van der Waals surface area contributed by atoms with Gasteiger partial charge in [0.15, 0.2) is 5.78 Å². The second-order valence-corrected chi connectivity index (χ2v) is 19.2. The Morgan fingerprint density at radius 2 is 1.85 bits per heavy atom. The summed E-state index contributed by atoms with van der Waals surface area (Å²) in [6.07, 6.45) is 6.38. The van der Waals surface area contributed by atoms with Crippen LogP contribution in [0.1, 0.15) is 97.6 Å². The van der Waals surface area contributed by atoms with Crippen molar-refractivity contribution in [1.29, 1.82) is 0 Å². The summed E-state index contributed by atoms with van der Waals surface area (Å²) in [6, 6.07) is 0.436. The molecule has 0 spiro atoms. The molecule has 0 bridgehead atoms. The van der Waals surface area contributed by atoms with Crippen LogP contribution < -0.4 is 14.8 Å². The molecule has 2 aromatic rings. The standard InChI is InChI=1S/C37H47BrFN5O8S/c1-21-31(41-27-16-23(39)15-25(38)30(27)40-21)51-24-17-28-29(45)19-37(33(47)43-53(49,50)36(5)13-14-36)18-22(37)11-9-7-6-8-10-12-26(32(46)44(28)20-24)42-34(48)52-35(2,3)4/h9,11,15-16,22,24,26,28H,6-8,10,12-14,17-20H2,1-5H3,(H,42,48)(H,43,47)/b11-9-/t22-,24-,26+,28+,37-/m1/s1. The van der Waals surface area contributed by atoms with Crippen LogP contribution in [0, 0.1) is 24.1 Å². The number of rotatable bonds is 6. The Morgan fingerprint density at radius 1 is 1.11 bits per heavy atom. The number of nitrogens with one attached hydrogen (secondary N) is 2. The van der Waals surface area contributed by atoms with Gasteiger partial charge in [0.1, 0.15) is 34.8 Å². The van der Waals surface area contributed by atoms with Gasteiger partial charge in [0.05, 0.1) is 28.3 Å². The third-order valence-electron chi connectivity index (χ3n) is 10.6. The number of aromatic nitrogens is 2.